The van der Waals surface area contributed by atoms with Crippen molar-refractivity contribution in [2.75, 3.05) is 26.1 Å². The molecule has 3 rings (SSSR count). The molecule has 0 saturated carbocycles. The maximum absolute atomic E-state index is 12.3. The van der Waals surface area contributed by atoms with Crippen molar-refractivity contribution in [2.45, 2.75) is 11.4 Å². The molecule has 26 heavy (non-hydrogen) atoms. The minimum atomic E-state index is -3.31. The molecule has 8 heteroatoms. The van der Waals surface area contributed by atoms with Gasteiger partial charge in [-0.05, 0) is 29.8 Å². The molecule has 0 unspecified atom stereocenters. The normalized spacial score (nSPS) is 13.5. The molecular formula is C18H21N3O4S. The molecule has 1 aliphatic rings. The van der Waals surface area contributed by atoms with Crippen molar-refractivity contribution in [3.8, 4) is 11.5 Å². The summed E-state index contributed by atoms with van der Waals surface area (Å²) in [7, 11) is -1.67. The van der Waals surface area contributed by atoms with Crippen LogP contribution < -0.4 is 20.1 Å². The number of rotatable bonds is 6. The van der Waals surface area contributed by atoms with Crippen LogP contribution in [-0.2, 0) is 16.4 Å². The Bertz CT molecular complexity index is 883. The number of hydrogen-bond acceptors (Lipinski definition) is 5. The van der Waals surface area contributed by atoms with Crippen molar-refractivity contribution in [1.29, 1.82) is 0 Å². The van der Waals surface area contributed by atoms with Crippen LogP contribution >= 0.6 is 0 Å². The topological polar surface area (TPSA) is 89.0 Å². The van der Waals surface area contributed by atoms with Gasteiger partial charge in [0, 0.05) is 20.1 Å². The molecule has 0 spiro atoms. The zero-order chi connectivity index (χ0) is 18.4. The van der Waals surface area contributed by atoms with Crippen LogP contribution in [0.1, 0.15) is 5.56 Å². The third-order valence-electron chi connectivity index (χ3n) is 3.89. The Kier molecular flexibility index (Phi) is 5.62. The van der Waals surface area contributed by atoms with E-state index in [4.69, 9.17) is 9.47 Å². The van der Waals surface area contributed by atoms with Crippen LogP contribution in [0.4, 0.5) is 0 Å². The first kappa shape index (κ1) is 18.1. The minimum Gasteiger partial charge on any atom is -0.454 e. The van der Waals surface area contributed by atoms with E-state index in [-0.39, 0.29) is 19.1 Å². The molecule has 0 aromatic heterocycles. The molecule has 0 aliphatic carbocycles. The van der Waals surface area contributed by atoms with Crippen LogP contribution in [-0.4, -0.2) is 40.5 Å². The maximum Gasteiger partial charge on any atom is 0.231 e. The zero-order valence-electron chi connectivity index (χ0n) is 14.4. The molecular weight excluding hydrogens is 354 g/mol. The monoisotopic (exact) mass is 375 g/mol. The van der Waals surface area contributed by atoms with E-state index in [0.717, 1.165) is 17.1 Å². The van der Waals surface area contributed by atoms with Crippen LogP contribution in [0.2, 0.25) is 0 Å². The molecule has 0 amide bonds. The summed E-state index contributed by atoms with van der Waals surface area (Å²) in [6, 6.07) is 14.1. The summed E-state index contributed by atoms with van der Waals surface area (Å²) < 4.78 is 35.2. The Morgan fingerprint density at radius 1 is 1.08 bits per heavy atom. The highest BCUT2D eigenvalue weighted by molar-refractivity contribution is 7.91. The van der Waals surface area contributed by atoms with Gasteiger partial charge in [-0.15, -0.1) is 0 Å². The number of nitrogens with one attached hydrogen (secondary N) is 2. The smallest absolute Gasteiger partial charge is 0.231 e. The number of hydrogen-bond donors (Lipinski definition) is 2. The standard InChI is InChI=1S/C18H21N3O4S/c1-19-18(20-9-10-26(22,23)15-5-3-2-4-6-15)21-12-14-7-8-16-17(11-14)25-13-24-16/h2-8,11H,9-10,12-13H2,1H3,(H2,19,20,21). The second-order valence-electron chi connectivity index (χ2n) is 5.67. The van der Waals surface area contributed by atoms with E-state index in [0.29, 0.717) is 17.4 Å². The summed E-state index contributed by atoms with van der Waals surface area (Å²) in [5, 5.41) is 6.17. The van der Waals surface area contributed by atoms with E-state index in [9.17, 15) is 8.42 Å². The molecule has 1 heterocycles. The summed E-state index contributed by atoms with van der Waals surface area (Å²) in [5.74, 6) is 1.98. The first-order valence-electron chi connectivity index (χ1n) is 8.19. The van der Waals surface area contributed by atoms with Crippen LogP contribution in [0.3, 0.4) is 0 Å². The first-order chi connectivity index (χ1) is 12.6. The van der Waals surface area contributed by atoms with Crippen molar-refractivity contribution in [2.24, 2.45) is 4.99 Å². The van der Waals surface area contributed by atoms with Crippen LogP contribution in [0.25, 0.3) is 0 Å². The fourth-order valence-electron chi connectivity index (χ4n) is 2.51. The van der Waals surface area contributed by atoms with Crippen molar-refractivity contribution in [3.63, 3.8) is 0 Å². The van der Waals surface area contributed by atoms with Crippen LogP contribution in [0, 0.1) is 0 Å². The summed E-state index contributed by atoms with van der Waals surface area (Å²) in [5.41, 5.74) is 1.01. The van der Waals surface area contributed by atoms with Gasteiger partial charge in [0.1, 0.15) is 0 Å². The van der Waals surface area contributed by atoms with Crippen molar-refractivity contribution >= 4 is 15.8 Å². The van der Waals surface area contributed by atoms with Crippen molar-refractivity contribution in [1.82, 2.24) is 10.6 Å². The van der Waals surface area contributed by atoms with Crippen molar-refractivity contribution < 1.29 is 17.9 Å². The highest BCUT2D eigenvalue weighted by Gasteiger charge is 2.14. The molecule has 2 aromatic carbocycles. The highest BCUT2D eigenvalue weighted by Crippen LogP contribution is 2.32. The van der Waals surface area contributed by atoms with Gasteiger partial charge in [-0.3, -0.25) is 4.99 Å². The number of benzene rings is 2. The Morgan fingerprint density at radius 3 is 2.62 bits per heavy atom. The van der Waals surface area contributed by atoms with Crippen LogP contribution in [0.5, 0.6) is 11.5 Å². The predicted molar refractivity (Wildman–Crippen MR) is 99.3 cm³/mol. The first-order valence-corrected chi connectivity index (χ1v) is 9.84. The van der Waals surface area contributed by atoms with Gasteiger partial charge in [0.2, 0.25) is 6.79 Å². The van der Waals surface area contributed by atoms with Gasteiger partial charge in [0.25, 0.3) is 0 Å². The zero-order valence-corrected chi connectivity index (χ0v) is 15.3. The lowest BCUT2D eigenvalue weighted by molar-refractivity contribution is 0.174. The average Bonchev–Trinajstić information content (AvgIpc) is 3.13. The van der Waals surface area contributed by atoms with Gasteiger partial charge in [0.15, 0.2) is 27.3 Å². The van der Waals surface area contributed by atoms with E-state index in [1.54, 1.807) is 37.4 Å². The molecule has 0 radical (unpaired) electrons. The summed E-state index contributed by atoms with van der Waals surface area (Å²) in [6.07, 6.45) is 0. The molecule has 138 valence electrons. The second kappa shape index (κ2) is 8.09. The third-order valence-corrected chi connectivity index (χ3v) is 5.62. The Morgan fingerprint density at radius 2 is 1.85 bits per heavy atom. The van der Waals surface area contributed by atoms with Crippen molar-refractivity contribution in [3.05, 3.63) is 54.1 Å². The molecule has 2 N–H and O–H groups in total. The minimum absolute atomic E-state index is 0.0122. The lowest BCUT2D eigenvalue weighted by atomic mass is 10.2. The Hall–Kier alpha value is -2.74. The summed E-state index contributed by atoms with van der Waals surface area (Å²) >= 11 is 0. The average molecular weight is 375 g/mol. The van der Waals surface area contributed by atoms with E-state index in [1.165, 1.54) is 0 Å². The Balaban J connectivity index is 1.49. The number of guanidine groups is 1. The van der Waals surface area contributed by atoms with Gasteiger partial charge in [-0.25, -0.2) is 8.42 Å². The molecule has 2 aromatic rings. The lowest BCUT2D eigenvalue weighted by Crippen LogP contribution is -2.39. The van der Waals surface area contributed by atoms with Gasteiger partial charge in [-0.1, -0.05) is 24.3 Å². The molecule has 7 nitrogen and oxygen atoms in total. The molecule has 0 bridgehead atoms. The fraction of sp³-hybridized carbons (Fsp3) is 0.278. The predicted octanol–water partition coefficient (Wildman–Crippen LogP) is 1.55. The second-order valence-corrected chi connectivity index (χ2v) is 7.78. The fourth-order valence-corrected chi connectivity index (χ4v) is 3.69. The van der Waals surface area contributed by atoms with E-state index in [1.807, 2.05) is 18.2 Å². The van der Waals surface area contributed by atoms with Gasteiger partial charge < -0.3 is 20.1 Å². The highest BCUT2D eigenvalue weighted by atomic mass is 32.2. The maximum atomic E-state index is 12.3. The van der Waals surface area contributed by atoms with Crippen LogP contribution in [0.15, 0.2) is 58.4 Å². The van der Waals surface area contributed by atoms with Gasteiger partial charge >= 0.3 is 0 Å². The lowest BCUT2D eigenvalue weighted by Gasteiger charge is -2.12. The number of ether oxygens (including phenoxy) is 2. The largest absolute Gasteiger partial charge is 0.454 e. The number of sulfone groups is 1. The number of nitrogens with zero attached hydrogens (tertiary/aromatic N) is 1. The third kappa shape index (κ3) is 4.45. The number of aliphatic imine (C=N–C) groups is 1. The van der Waals surface area contributed by atoms with E-state index in [2.05, 4.69) is 15.6 Å². The van der Waals surface area contributed by atoms with E-state index < -0.39 is 9.84 Å². The molecule has 0 atom stereocenters. The summed E-state index contributed by atoms with van der Waals surface area (Å²) in [6.45, 7) is 1.03. The molecule has 0 fully saturated rings. The van der Waals surface area contributed by atoms with Gasteiger partial charge in [0.05, 0.1) is 10.6 Å². The quantitative estimate of drug-likeness (QED) is 0.588. The summed E-state index contributed by atoms with van der Waals surface area (Å²) in [4.78, 5) is 4.44. The molecule has 1 aliphatic heterocycles. The Labute approximate surface area is 153 Å². The van der Waals surface area contributed by atoms with Gasteiger partial charge in [-0.2, -0.15) is 0 Å². The number of fused-ring (bicyclic) bond motifs is 1. The van der Waals surface area contributed by atoms with E-state index >= 15 is 0 Å². The molecule has 0 saturated heterocycles. The SMILES string of the molecule is CN=C(NCCS(=O)(=O)c1ccccc1)NCc1ccc2c(c1)OCO2.